The third kappa shape index (κ3) is 5.16. The predicted molar refractivity (Wildman–Crippen MR) is 142 cm³/mol. The summed E-state index contributed by atoms with van der Waals surface area (Å²) in [5.74, 6) is 0. The summed E-state index contributed by atoms with van der Waals surface area (Å²) < 4.78 is 10.6. The highest BCUT2D eigenvalue weighted by Crippen LogP contribution is 2.25. The number of benzene rings is 2. The second-order valence-electron chi connectivity index (χ2n) is 8.13. The Morgan fingerprint density at radius 1 is 0.706 bits per heavy atom. The highest BCUT2D eigenvalue weighted by Gasteiger charge is 2.15. The van der Waals surface area contributed by atoms with Crippen LogP contribution in [0.2, 0.25) is 0 Å². The summed E-state index contributed by atoms with van der Waals surface area (Å²) in [6.45, 7) is 15.7. The topological polar surface area (TPSA) is 66.9 Å². The molecule has 2 aromatic heterocycles. The lowest BCUT2D eigenvalue weighted by Gasteiger charge is -2.21. The molecule has 0 fully saturated rings. The van der Waals surface area contributed by atoms with E-state index in [1.807, 2.05) is 69.0 Å². The monoisotopic (exact) mass is 462 g/mol. The molecule has 0 unspecified atom stereocenters. The number of nitrogens with zero attached hydrogens (tertiary/aromatic N) is 2. The van der Waals surface area contributed by atoms with Crippen molar-refractivity contribution in [1.82, 2.24) is 0 Å². The van der Waals surface area contributed by atoms with Crippen LogP contribution in [0, 0.1) is 13.8 Å². The van der Waals surface area contributed by atoms with Crippen molar-refractivity contribution in [3.63, 3.8) is 0 Å². The maximum Gasteiger partial charge on any atom is 0.360 e. The maximum absolute atomic E-state index is 12.0. The summed E-state index contributed by atoms with van der Waals surface area (Å²) in [5.41, 5.74) is 4.54. The molecule has 4 rings (SSSR count). The van der Waals surface area contributed by atoms with Crippen molar-refractivity contribution in [3.8, 4) is 0 Å². The molecular weight excluding hydrogens is 428 g/mol. The Balaban J connectivity index is 0.000000191. The average molecular weight is 463 g/mol. The van der Waals surface area contributed by atoms with Gasteiger partial charge in [0.15, 0.2) is 0 Å². The molecular formula is C28H34N2O4. The minimum absolute atomic E-state index is 0.245. The first kappa shape index (κ1) is 25.1. The van der Waals surface area contributed by atoms with Gasteiger partial charge in [-0.3, -0.25) is 0 Å². The van der Waals surface area contributed by atoms with Crippen molar-refractivity contribution < 1.29 is 8.83 Å². The molecule has 0 radical (unpaired) electrons. The van der Waals surface area contributed by atoms with E-state index in [1.165, 1.54) is 6.07 Å². The molecule has 0 spiro atoms. The summed E-state index contributed by atoms with van der Waals surface area (Å²) in [6.07, 6.45) is 0. The van der Waals surface area contributed by atoms with Gasteiger partial charge in [-0.25, -0.2) is 9.59 Å². The van der Waals surface area contributed by atoms with Crippen molar-refractivity contribution in [2.24, 2.45) is 0 Å². The Morgan fingerprint density at radius 2 is 1.35 bits per heavy atom. The Kier molecular flexibility index (Phi) is 8.16. The fraction of sp³-hybridized carbons (Fsp3) is 0.357. The lowest BCUT2D eigenvalue weighted by atomic mass is 10.1. The number of para-hydroxylation sites is 1. The van der Waals surface area contributed by atoms with Gasteiger partial charge in [-0.05, 0) is 70.9 Å². The number of anilines is 2. The lowest BCUT2D eigenvalue weighted by molar-refractivity contribution is 0.556. The summed E-state index contributed by atoms with van der Waals surface area (Å²) in [6, 6.07) is 15.2. The van der Waals surface area contributed by atoms with Crippen LogP contribution in [-0.4, -0.2) is 26.2 Å². The van der Waals surface area contributed by atoms with E-state index < -0.39 is 0 Å². The summed E-state index contributed by atoms with van der Waals surface area (Å²) in [4.78, 5) is 27.6. The molecule has 0 bridgehead atoms. The van der Waals surface area contributed by atoms with E-state index in [1.54, 1.807) is 0 Å². The second kappa shape index (κ2) is 11.1. The third-order valence-corrected chi connectivity index (χ3v) is 6.19. The molecule has 0 amide bonds. The van der Waals surface area contributed by atoms with Gasteiger partial charge in [0, 0.05) is 54.8 Å². The van der Waals surface area contributed by atoms with Gasteiger partial charge in [-0.15, -0.1) is 0 Å². The van der Waals surface area contributed by atoms with Crippen LogP contribution < -0.4 is 21.1 Å². The molecule has 34 heavy (non-hydrogen) atoms. The van der Waals surface area contributed by atoms with Gasteiger partial charge in [-0.1, -0.05) is 18.2 Å². The Morgan fingerprint density at radius 3 is 2.00 bits per heavy atom. The van der Waals surface area contributed by atoms with Crippen molar-refractivity contribution in [1.29, 1.82) is 0 Å². The van der Waals surface area contributed by atoms with Crippen LogP contribution in [0.1, 0.15) is 38.8 Å². The van der Waals surface area contributed by atoms with Gasteiger partial charge in [0.1, 0.15) is 16.9 Å². The highest BCUT2D eigenvalue weighted by molar-refractivity contribution is 5.85. The van der Waals surface area contributed by atoms with Crippen molar-refractivity contribution in [2.75, 3.05) is 36.0 Å². The highest BCUT2D eigenvalue weighted by atomic mass is 16.4. The fourth-order valence-corrected chi connectivity index (χ4v) is 4.30. The molecule has 0 N–H and O–H groups in total. The van der Waals surface area contributed by atoms with Crippen LogP contribution in [0.4, 0.5) is 11.4 Å². The summed E-state index contributed by atoms with van der Waals surface area (Å²) in [7, 11) is 0. The second-order valence-corrected chi connectivity index (χ2v) is 8.13. The van der Waals surface area contributed by atoms with Gasteiger partial charge >= 0.3 is 11.3 Å². The molecule has 2 heterocycles. The molecule has 0 atom stereocenters. The van der Waals surface area contributed by atoms with E-state index >= 15 is 0 Å². The molecule has 0 aliphatic carbocycles. The molecule has 0 aliphatic rings. The largest absolute Gasteiger partial charge is 0.423 e. The van der Waals surface area contributed by atoms with Crippen LogP contribution in [0.5, 0.6) is 0 Å². The molecule has 6 nitrogen and oxygen atoms in total. The van der Waals surface area contributed by atoms with Crippen LogP contribution in [0.15, 0.2) is 67.0 Å². The van der Waals surface area contributed by atoms with Crippen LogP contribution in [-0.2, 0) is 0 Å². The van der Waals surface area contributed by atoms with E-state index in [-0.39, 0.29) is 11.3 Å². The zero-order valence-corrected chi connectivity index (χ0v) is 21.0. The molecule has 4 aromatic rings. The number of rotatable bonds is 6. The van der Waals surface area contributed by atoms with E-state index in [9.17, 15) is 9.59 Å². The zero-order valence-electron chi connectivity index (χ0n) is 21.0. The smallest absolute Gasteiger partial charge is 0.360 e. The number of aryl methyl sites for hydroxylation is 2. The minimum atomic E-state index is -0.285. The van der Waals surface area contributed by atoms with E-state index in [0.717, 1.165) is 53.8 Å². The SMILES string of the molecule is CCN(CC)c1c(C)c2ccccc2oc1=O.CCN(CC)c1ccc2c(C)cc(=O)oc2c1. The molecule has 6 heteroatoms. The Labute approximate surface area is 200 Å². The molecule has 2 aromatic carbocycles. The van der Waals surface area contributed by atoms with Gasteiger partial charge in [0.25, 0.3) is 0 Å². The van der Waals surface area contributed by atoms with Gasteiger partial charge < -0.3 is 18.6 Å². The standard InChI is InChI=1S/2C14H17NO2/c1-4-15(5-2)11-6-7-12-10(3)8-14(16)17-13(12)9-11;1-4-15(5-2)13-10(3)11-8-6-7-9-12(11)17-14(13)16/h2*6-9H,4-5H2,1-3H3. The normalized spacial score (nSPS) is 10.8. The number of fused-ring (bicyclic) bond motifs is 2. The van der Waals surface area contributed by atoms with Crippen molar-refractivity contribution in [3.05, 3.63) is 80.5 Å². The molecule has 0 aliphatic heterocycles. The van der Waals surface area contributed by atoms with Crippen LogP contribution in [0.3, 0.4) is 0 Å². The summed E-state index contributed by atoms with van der Waals surface area (Å²) >= 11 is 0. The predicted octanol–water partition coefficient (Wildman–Crippen LogP) is 5.90. The molecule has 0 saturated heterocycles. The van der Waals surface area contributed by atoms with Crippen LogP contribution in [0.25, 0.3) is 21.9 Å². The first-order chi connectivity index (χ1) is 16.3. The minimum Gasteiger partial charge on any atom is -0.423 e. The van der Waals surface area contributed by atoms with Gasteiger partial charge in [0.2, 0.25) is 0 Å². The summed E-state index contributed by atoms with van der Waals surface area (Å²) in [5, 5.41) is 2.01. The lowest BCUT2D eigenvalue weighted by Crippen LogP contribution is -2.28. The van der Waals surface area contributed by atoms with E-state index in [4.69, 9.17) is 8.83 Å². The number of hydrogen-bond donors (Lipinski definition) is 0. The van der Waals surface area contributed by atoms with Gasteiger partial charge in [0.05, 0.1) is 0 Å². The zero-order chi connectivity index (χ0) is 24.8. The third-order valence-electron chi connectivity index (χ3n) is 6.19. The Hall–Kier alpha value is -3.54. The first-order valence-electron chi connectivity index (χ1n) is 11.9. The van der Waals surface area contributed by atoms with E-state index in [2.05, 4.69) is 24.8 Å². The van der Waals surface area contributed by atoms with Crippen molar-refractivity contribution >= 4 is 33.3 Å². The van der Waals surface area contributed by atoms with Crippen LogP contribution >= 0.6 is 0 Å². The molecule has 0 saturated carbocycles. The number of hydrogen-bond acceptors (Lipinski definition) is 6. The van der Waals surface area contributed by atoms with E-state index in [0.29, 0.717) is 16.9 Å². The molecule has 180 valence electrons. The Bertz CT molecular complexity index is 1380. The quantitative estimate of drug-likeness (QED) is 0.333. The van der Waals surface area contributed by atoms with Gasteiger partial charge in [-0.2, -0.15) is 0 Å². The fourth-order valence-electron chi connectivity index (χ4n) is 4.30. The van der Waals surface area contributed by atoms with Crippen molar-refractivity contribution in [2.45, 2.75) is 41.5 Å². The first-order valence-corrected chi connectivity index (χ1v) is 11.9. The maximum atomic E-state index is 12.0. The average Bonchev–Trinajstić information content (AvgIpc) is 2.82.